The van der Waals surface area contributed by atoms with Crippen LogP contribution in [0.15, 0.2) is 77.7 Å². The number of anilines is 1. The van der Waals surface area contributed by atoms with Crippen molar-refractivity contribution in [3.63, 3.8) is 0 Å². The molecule has 6 heteroatoms. The van der Waals surface area contributed by atoms with Crippen LogP contribution in [0, 0.1) is 0 Å². The fourth-order valence-corrected chi connectivity index (χ4v) is 5.31. The molecule has 0 aromatic heterocycles. The highest BCUT2D eigenvalue weighted by Gasteiger charge is 2.36. The standard InChI is InChI=1S/C24H24N2O3S/c1-17(2)19-12-13-22-21(14-19)20-10-6-7-11-23(20)30(28,29)26(22)16-24(27)25-15-18-8-4-3-5-9-18/h3-14,17H,15-16H2,1-2H3,(H,25,27). The topological polar surface area (TPSA) is 66.5 Å². The summed E-state index contributed by atoms with van der Waals surface area (Å²) in [7, 11) is -3.83. The average molecular weight is 421 g/mol. The number of fused-ring (bicyclic) bond motifs is 3. The molecule has 1 N–H and O–H groups in total. The zero-order valence-electron chi connectivity index (χ0n) is 17.0. The first-order chi connectivity index (χ1) is 14.4. The summed E-state index contributed by atoms with van der Waals surface area (Å²) in [5, 5.41) is 2.82. The Balaban J connectivity index is 1.69. The van der Waals surface area contributed by atoms with E-state index in [0.29, 0.717) is 23.7 Å². The van der Waals surface area contributed by atoms with Crippen LogP contribution in [-0.2, 0) is 21.4 Å². The number of carbonyl (C=O) groups excluding carboxylic acids is 1. The summed E-state index contributed by atoms with van der Waals surface area (Å²) in [5.41, 5.74) is 4.13. The second-order valence-electron chi connectivity index (χ2n) is 7.70. The highest BCUT2D eigenvalue weighted by Crippen LogP contribution is 2.43. The van der Waals surface area contributed by atoms with Crippen molar-refractivity contribution in [3.05, 3.63) is 83.9 Å². The van der Waals surface area contributed by atoms with E-state index in [1.165, 1.54) is 4.31 Å². The first kappa shape index (κ1) is 20.2. The van der Waals surface area contributed by atoms with Crippen molar-refractivity contribution in [3.8, 4) is 11.1 Å². The normalized spacial score (nSPS) is 14.2. The summed E-state index contributed by atoms with van der Waals surface area (Å²) in [5.74, 6) is -0.0377. The highest BCUT2D eigenvalue weighted by atomic mass is 32.2. The molecule has 1 heterocycles. The molecule has 154 valence electrons. The third-order valence-electron chi connectivity index (χ3n) is 5.32. The Hall–Kier alpha value is -3.12. The molecule has 0 spiro atoms. The van der Waals surface area contributed by atoms with Crippen LogP contribution in [0.3, 0.4) is 0 Å². The van der Waals surface area contributed by atoms with E-state index in [4.69, 9.17) is 0 Å². The molecule has 1 amide bonds. The number of nitrogens with zero attached hydrogens (tertiary/aromatic N) is 1. The first-order valence-electron chi connectivity index (χ1n) is 9.94. The van der Waals surface area contributed by atoms with Gasteiger partial charge in [0.2, 0.25) is 5.91 Å². The predicted molar refractivity (Wildman–Crippen MR) is 119 cm³/mol. The van der Waals surface area contributed by atoms with Gasteiger partial charge in [0.25, 0.3) is 10.0 Å². The van der Waals surface area contributed by atoms with Gasteiger partial charge in [-0.05, 0) is 35.2 Å². The molecule has 30 heavy (non-hydrogen) atoms. The van der Waals surface area contributed by atoms with E-state index >= 15 is 0 Å². The Morgan fingerprint density at radius 2 is 1.63 bits per heavy atom. The molecule has 5 nitrogen and oxygen atoms in total. The molecule has 0 aliphatic carbocycles. The smallest absolute Gasteiger partial charge is 0.265 e. The lowest BCUT2D eigenvalue weighted by atomic mass is 9.95. The van der Waals surface area contributed by atoms with Crippen LogP contribution in [0.2, 0.25) is 0 Å². The minimum atomic E-state index is -3.83. The molecule has 4 rings (SSSR count). The van der Waals surface area contributed by atoms with Crippen molar-refractivity contribution in [2.75, 3.05) is 10.8 Å². The monoisotopic (exact) mass is 420 g/mol. The van der Waals surface area contributed by atoms with E-state index in [1.807, 2.05) is 60.7 Å². The maximum absolute atomic E-state index is 13.3. The second-order valence-corrected chi connectivity index (χ2v) is 9.53. The Labute approximate surface area is 177 Å². The summed E-state index contributed by atoms with van der Waals surface area (Å²) >= 11 is 0. The van der Waals surface area contributed by atoms with Crippen molar-refractivity contribution in [2.24, 2.45) is 0 Å². The molecule has 0 saturated carbocycles. The zero-order chi connectivity index (χ0) is 21.3. The van der Waals surface area contributed by atoms with E-state index in [-0.39, 0.29) is 17.3 Å². The Bertz CT molecular complexity index is 1190. The van der Waals surface area contributed by atoms with Crippen LogP contribution in [0.25, 0.3) is 11.1 Å². The number of amides is 1. The number of rotatable bonds is 5. The zero-order valence-corrected chi connectivity index (χ0v) is 17.8. The summed E-state index contributed by atoms with van der Waals surface area (Å²) in [6.45, 7) is 4.28. The van der Waals surface area contributed by atoms with E-state index in [1.54, 1.807) is 12.1 Å². The van der Waals surface area contributed by atoms with Crippen molar-refractivity contribution in [1.29, 1.82) is 0 Å². The second kappa shape index (κ2) is 7.95. The lowest BCUT2D eigenvalue weighted by Gasteiger charge is -2.32. The first-order valence-corrected chi connectivity index (χ1v) is 11.4. The molecular formula is C24H24N2O3S. The van der Waals surface area contributed by atoms with Crippen LogP contribution in [0.5, 0.6) is 0 Å². The van der Waals surface area contributed by atoms with E-state index in [2.05, 4.69) is 19.2 Å². The van der Waals surface area contributed by atoms with Crippen LogP contribution < -0.4 is 9.62 Å². The molecule has 0 atom stereocenters. The number of benzene rings is 3. The van der Waals surface area contributed by atoms with Crippen LogP contribution in [0.1, 0.15) is 30.9 Å². The molecule has 0 unspecified atom stereocenters. The summed E-state index contributed by atoms with van der Waals surface area (Å²) < 4.78 is 27.9. The molecule has 3 aromatic rings. The SMILES string of the molecule is CC(C)c1ccc2c(c1)-c1ccccc1S(=O)(=O)N2CC(=O)NCc1ccccc1. The van der Waals surface area contributed by atoms with Gasteiger partial charge in [-0.3, -0.25) is 9.10 Å². The van der Waals surface area contributed by atoms with Gasteiger partial charge in [-0.15, -0.1) is 0 Å². The Kier molecular flexibility index (Phi) is 5.35. The van der Waals surface area contributed by atoms with E-state index < -0.39 is 10.0 Å². The molecular weight excluding hydrogens is 396 g/mol. The number of nitrogens with one attached hydrogen (secondary N) is 1. The third kappa shape index (κ3) is 3.71. The van der Waals surface area contributed by atoms with E-state index in [0.717, 1.165) is 16.7 Å². The van der Waals surface area contributed by atoms with Gasteiger partial charge >= 0.3 is 0 Å². The molecule has 0 bridgehead atoms. The number of carbonyl (C=O) groups is 1. The average Bonchev–Trinajstić information content (AvgIpc) is 2.75. The number of hydrogen-bond acceptors (Lipinski definition) is 3. The molecule has 0 radical (unpaired) electrons. The fourth-order valence-electron chi connectivity index (χ4n) is 3.66. The fraction of sp³-hybridized carbons (Fsp3) is 0.208. The lowest BCUT2D eigenvalue weighted by Crippen LogP contribution is -2.42. The van der Waals surface area contributed by atoms with Gasteiger partial charge in [0.15, 0.2) is 0 Å². The predicted octanol–water partition coefficient (Wildman–Crippen LogP) is 4.30. The number of hydrogen-bond donors (Lipinski definition) is 1. The maximum atomic E-state index is 13.3. The van der Waals surface area contributed by atoms with Crippen LogP contribution in [0.4, 0.5) is 5.69 Å². The van der Waals surface area contributed by atoms with Gasteiger partial charge in [0.1, 0.15) is 6.54 Å². The number of sulfonamides is 1. The van der Waals surface area contributed by atoms with E-state index in [9.17, 15) is 13.2 Å². The molecule has 3 aromatic carbocycles. The van der Waals surface area contributed by atoms with Gasteiger partial charge in [-0.25, -0.2) is 8.42 Å². The largest absolute Gasteiger partial charge is 0.350 e. The quantitative estimate of drug-likeness (QED) is 0.669. The Morgan fingerprint density at radius 3 is 2.37 bits per heavy atom. The third-order valence-corrected chi connectivity index (χ3v) is 7.14. The van der Waals surface area contributed by atoms with Crippen LogP contribution >= 0.6 is 0 Å². The Morgan fingerprint density at radius 1 is 0.933 bits per heavy atom. The van der Waals surface area contributed by atoms with Gasteiger partial charge < -0.3 is 5.32 Å². The van der Waals surface area contributed by atoms with Crippen molar-refractivity contribution in [1.82, 2.24) is 5.32 Å². The molecule has 0 saturated heterocycles. The minimum Gasteiger partial charge on any atom is -0.350 e. The summed E-state index contributed by atoms with van der Waals surface area (Å²) in [6.07, 6.45) is 0. The highest BCUT2D eigenvalue weighted by molar-refractivity contribution is 7.93. The van der Waals surface area contributed by atoms with Gasteiger partial charge in [0.05, 0.1) is 10.6 Å². The molecule has 0 fully saturated rings. The van der Waals surface area contributed by atoms with Gasteiger partial charge in [0, 0.05) is 17.7 Å². The summed E-state index contributed by atoms with van der Waals surface area (Å²) in [4.78, 5) is 12.9. The van der Waals surface area contributed by atoms with Crippen molar-refractivity contribution < 1.29 is 13.2 Å². The maximum Gasteiger partial charge on any atom is 0.265 e. The van der Waals surface area contributed by atoms with Crippen LogP contribution in [-0.4, -0.2) is 20.9 Å². The van der Waals surface area contributed by atoms with Gasteiger partial charge in [-0.1, -0.05) is 68.4 Å². The van der Waals surface area contributed by atoms with Crippen molar-refractivity contribution in [2.45, 2.75) is 31.2 Å². The molecule has 1 aliphatic heterocycles. The van der Waals surface area contributed by atoms with Gasteiger partial charge in [-0.2, -0.15) is 0 Å². The lowest BCUT2D eigenvalue weighted by molar-refractivity contribution is -0.119. The van der Waals surface area contributed by atoms with Crippen molar-refractivity contribution >= 4 is 21.6 Å². The molecule has 1 aliphatic rings. The summed E-state index contributed by atoms with van der Waals surface area (Å²) in [6, 6.07) is 22.3. The minimum absolute atomic E-state index is 0.231.